The number of nitrogens with zero attached hydrogens (tertiary/aromatic N) is 1. The van der Waals surface area contributed by atoms with E-state index in [0.29, 0.717) is 44.9 Å². The van der Waals surface area contributed by atoms with Gasteiger partial charge in [0.25, 0.3) is 30.4 Å². The van der Waals surface area contributed by atoms with Crippen molar-refractivity contribution in [3.8, 4) is 0 Å². The van der Waals surface area contributed by atoms with E-state index < -0.39 is 205 Å². The number of hydrogen-bond donors (Lipinski definition) is 0. The Morgan fingerprint density at radius 3 is 1.32 bits per heavy atom. The molecule has 0 N–H and O–H groups in total. The van der Waals surface area contributed by atoms with Crippen molar-refractivity contribution in [1.82, 2.24) is 0 Å². The van der Waals surface area contributed by atoms with Crippen molar-refractivity contribution in [2.75, 3.05) is 26.4 Å². The van der Waals surface area contributed by atoms with E-state index in [2.05, 4.69) is 4.85 Å². The lowest BCUT2D eigenvalue weighted by atomic mass is 9.82. The van der Waals surface area contributed by atoms with E-state index in [9.17, 15) is 68.4 Å². The molecule has 12 fully saturated rings. The van der Waals surface area contributed by atoms with Gasteiger partial charge in [-0.05, 0) is 57.3 Å². The van der Waals surface area contributed by atoms with Crippen molar-refractivity contribution in [2.24, 2.45) is 53.3 Å². The van der Waals surface area contributed by atoms with Crippen LogP contribution in [0, 0.1) is 59.8 Å². The Bertz CT molecular complexity index is 3230. The van der Waals surface area contributed by atoms with E-state index in [-0.39, 0.29) is 132 Å². The van der Waals surface area contributed by atoms with Crippen LogP contribution in [0.25, 0.3) is 4.85 Å². The summed E-state index contributed by atoms with van der Waals surface area (Å²) in [5, 5.41) is -1.59. The summed E-state index contributed by atoms with van der Waals surface area (Å²) >= 11 is 0. The number of fused-ring (bicyclic) bond motifs is 4. The number of rotatable bonds is 20. The van der Waals surface area contributed by atoms with E-state index in [1.165, 1.54) is 0 Å². The van der Waals surface area contributed by atoms with Crippen LogP contribution in [0.5, 0.6) is 0 Å². The molecule has 0 amide bonds. The maximum absolute atomic E-state index is 12.0. The summed E-state index contributed by atoms with van der Waals surface area (Å²) in [5.74, 6) is -6.56. The normalized spacial score (nSPS) is 34.9. The molecule has 25 atom stereocenters. The molecule has 35 heteroatoms. The van der Waals surface area contributed by atoms with Gasteiger partial charge >= 0.3 is 65.4 Å². The molecular weight excluding hydrogens is 1400 g/mol. The van der Waals surface area contributed by atoms with Crippen molar-refractivity contribution in [1.29, 1.82) is 0 Å². The van der Waals surface area contributed by atoms with Gasteiger partial charge in [-0.15, -0.1) is 0 Å². The van der Waals surface area contributed by atoms with Gasteiger partial charge in [-0.1, -0.05) is 122 Å². The van der Waals surface area contributed by atoms with Crippen LogP contribution >= 0.6 is 0 Å². The van der Waals surface area contributed by atoms with Crippen LogP contribution in [0.4, 0.5) is 0 Å². The molecule has 101 heavy (non-hydrogen) atoms. The van der Waals surface area contributed by atoms with E-state index in [1.54, 1.807) is 27.7 Å². The molecule has 12 aliphatic rings. The fraction of sp³-hybridized carbons (Fsp3) is 0.833. The summed E-state index contributed by atoms with van der Waals surface area (Å²) in [7, 11) is -10.7. The summed E-state index contributed by atoms with van der Waals surface area (Å²) in [6.45, 7) is 21.4. The zero-order valence-electron chi connectivity index (χ0n) is 52.4. The monoisotopic (exact) mass is 1510 g/mol. The van der Waals surface area contributed by atoms with Crippen LogP contribution in [0.2, 0.25) is 0 Å². The van der Waals surface area contributed by atoms with Gasteiger partial charge in [0.1, 0.15) is 48.0 Å². The fourth-order valence-electron chi connectivity index (χ4n) is 14.0. The molecule has 582 valence electrons. The third kappa shape index (κ3) is 19.2. The third-order valence-corrected chi connectivity index (χ3v) is 25.1. The van der Waals surface area contributed by atoms with Gasteiger partial charge in [0, 0.05) is 23.7 Å². The number of carbonyl (C=O) groups excluding carboxylic acids is 11. The molecule has 0 spiro atoms. The van der Waals surface area contributed by atoms with Gasteiger partial charge in [0.05, 0.1) is 46.7 Å². The molecule has 0 aromatic heterocycles. The Morgan fingerprint density at radius 1 is 0.495 bits per heavy atom. The van der Waals surface area contributed by atoms with E-state index in [4.69, 9.17) is 80.8 Å². The second-order valence-corrected chi connectivity index (χ2v) is 30.5. The number of ether oxygens (including phenoxy) is 11. The minimum Gasteiger partial charge on any atom is -0.457 e. The number of carbonyl (C=O) groups is 9. The van der Waals surface area contributed by atoms with Crippen LogP contribution in [-0.2, 0) is 148 Å². The maximum atomic E-state index is 12.0. The molecule has 4 aliphatic carbocycles. The molecule has 0 aromatic carbocycles. The van der Waals surface area contributed by atoms with Crippen LogP contribution in [0.3, 0.4) is 0 Å². The van der Waals surface area contributed by atoms with Crippen LogP contribution in [-0.4, -0.2) is 206 Å². The fourth-order valence-corrected chi connectivity index (χ4v) is 19.6. The third-order valence-electron chi connectivity index (χ3n) is 19.7. The Labute approximate surface area is 595 Å². The van der Waals surface area contributed by atoms with E-state index in [1.807, 2.05) is 34.6 Å². The highest BCUT2D eigenvalue weighted by Crippen LogP contribution is 2.59. The van der Waals surface area contributed by atoms with E-state index >= 15 is 0 Å². The summed E-state index contributed by atoms with van der Waals surface area (Å²) < 4.78 is 143. The molecule has 8 heterocycles. The summed E-state index contributed by atoms with van der Waals surface area (Å²) in [4.78, 5) is 125. The standard InChI is InChI=1S/C15H17NO7.C15H22O7S.C14H20O7S.C13H18O8S.CO2.8CH4/c1-4-7(2)13(18)20-6-9(17)22-10-8-5-15(16-3)12(21-8)11(10)23-14(15)19;1-4-7(2)15(17)20-6-11(16)21-12-9-5-10-13(12)22-23(18,19)14(10)8(9)3;1-3-7(2)14(16)19-6-11(15)20-12-8-4-9-10(5-8)22(17,18)21-13(9)12;1-3-6(2)13(15)18-5-9(14)20-10-7-4-8-11(19-7)12(10)21-22(8,16)17;2-1-3;;;;;;;;/h7-8,10-12H,4-6H2,1-2H3;7-10,12-14H,4-6H2,1-3H3;7-10,12-13H,3-6H2,1-2H3;6-8,10-12H,3-5H2,1-2H3;;8*1H4. The van der Waals surface area contributed by atoms with Gasteiger partial charge in [-0.25, -0.2) is 30.5 Å². The average molecular weight is 1510 g/mol. The molecule has 8 saturated heterocycles. The predicted octanol–water partition coefficient (Wildman–Crippen LogP) is 6.00. The second kappa shape index (κ2) is 38.0. The van der Waals surface area contributed by atoms with Crippen molar-refractivity contribution in [2.45, 2.75) is 274 Å². The zero-order valence-corrected chi connectivity index (χ0v) is 54.8. The lowest BCUT2D eigenvalue weighted by molar-refractivity contribution is -0.192. The largest absolute Gasteiger partial charge is 0.457 e. The molecule has 4 saturated carbocycles. The van der Waals surface area contributed by atoms with Gasteiger partial charge < -0.3 is 52.1 Å². The first kappa shape index (κ1) is 94.8. The van der Waals surface area contributed by atoms with Gasteiger partial charge in [0.2, 0.25) is 0 Å². The lowest BCUT2D eigenvalue weighted by Crippen LogP contribution is -2.47. The summed E-state index contributed by atoms with van der Waals surface area (Å²) in [6.07, 6.45) is -2.59. The van der Waals surface area contributed by atoms with Gasteiger partial charge in [0.15, 0.2) is 50.8 Å². The second-order valence-electron chi connectivity index (χ2n) is 25.2. The molecule has 0 aromatic rings. The molecule has 32 nitrogen and oxygen atoms in total. The van der Waals surface area contributed by atoms with Crippen molar-refractivity contribution in [3.63, 3.8) is 0 Å². The summed E-state index contributed by atoms with van der Waals surface area (Å²) in [5.41, 5.74) is -1.29. The topological polar surface area (TPSA) is 424 Å². The minimum atomic E-state index is -3.64. The summed E-state index contributed by atoms with van der Waals surface area (Å²) in [6, 6.07) is 0. The van der Waals surface area contributed by atoms with Crippen LogP contribution < -0.4 is 0 Å². The van der Waals surface area contributed by atoms with Crippen molar-refractivity contribution < 1.29 is 143 Å². The molecule has 8 aliphatic heterocycles. The molecule has 25 unspecified atom stereocenters. The number of esters is 9. The van der Waals surface area contributed by atoms with Crippen molar-refractivity contribution >= 4 is 90.2 Å². The predicted molar refractivity (Wildman–Crippen MR) is 356 cm³/mol. The van der Waals surface area contributed by atoms with Crippen LogP contribution in [0.15, 0.2) is 0 Å². The molecule has 12 rings (SSSR count). The minimum absolute atomic E-state index is 0. The first-order valence-electron chi connectivity index (χ1n) is 30.9. The first-order chi connectivity index (χ1) is 43.8. The Balaban J connectivity index is 0.00000127. The average Bonchev–Trinajstić information content (AvgIpc) is 1.57. The lowest BCUT2D eigenvalue weighted by Gasteiger charge is -2.29. The maximum Gasteiger partial charge on any atom is 0.397 e. The smallest absolute Gasteiger partial charge is 0.397 e. The highest BCUT2D eigenvalue weighted by molar-refractivity contribution is 7.88. The van der Waals surface area contributed by atoms with Crippen molar-refractivity contribution in [3.05, 3.63) is 11.4 Å². The Hall–Kier alpha value is -6.25. The van der Waals surface area contributed by atoms with Gasteiger partial charge in [-0.2, -0.15) is 34.8 Å². The molecule has 8 bridgehead atoms. The SMILES string of the molecule is C.C.C.C.C.C.C.C.CCC(C)C(=O)OCC(=O)OC1C2CC3C(O2)C1OS3(=O)=O.CCC(C)C(=O)OCC(=O)OC1C2CC3C1OS(=O)(=O)C3C2.CCC(C)C(=O)OCC(=O)OC1C2CC3C1OS(=O)(=O)C3C2C.O=C=O.[C-]#[N+]C12CC3OC1C(OC2=O)C3OC(=O)COC(=O)C(C)CC. The highest BCUT2D eigenvalue weighted by Gasteiger charge is 2.79. The highest BCUT2D eigenvalue weighted by atomic mass is 32.2. The Kier molecular flexibility index (Phi) is 35.6. The molecule has 0 radical (unpaired) electrons. The number of hydrogen-bond acceptors (Lipinski definition) is 31. The Morgan fingerprint density at radius 2 is 0.881 bits per heavy atom. The van der Waals surface area contributed by atoms with Crippen LogP contribution in [0.1, 0.15) is 180 Å². The van der Waals surface area contributed by atoms with E-state index in [0.717, 1.165) is 0 Å². The first-order valence-corrected chi connectivity index (χ1v) is 35.3. The quantitative estimate of drug-likeness (QED) is 0.0583. The van der Waals surface area contributed by atoms with Gasteiger partial charge in [-0.3, -0.25) is 36.6 Å². The zero-order chi connectivity index (χ0) is 68.6. The molecular formula is C66H109NO31S3.